The molecule has 2 aliphatic heterocycles. The van der Waals surface area contributed by atoms with Gasteiger partial charge in [0.1, 0.15) is 12.4 Å². The van der Waals surface area contributed by atoms with Gasteiger partial charge >= 0.3 is 6.09 Å². The summed E-state index contributed by atoms with van der Waals surface area (Å²) in [4.78, 5) is 32.3. The van der Waals surface area contributed by atoms with E-state index in [2.05, 4.69) is 32.4 Å². The number of rotatable bonds is 6. The summed E-state index contributed by atoms with van der Waals surface area (Å²) < 4.78 is 37.4. The standard InChI is InChI=1S/C30H28ClN5O5S2.CH2O2/c31-26-15-22(7-6-20(26)18-43(38,39)25-4-2-1-3-5-25)35-29-28-27(33-19-34-29)16-24(42-28)9-8-21-14-23(17-32-21)41-30(37)36-10-12-40-13-11-36;2-1-3/h1-7,15-16,19,21,23,32H,10-14,17-18H2,(H,33,34,35);1H,(H,2,3)/t21-,23-;/m1./s1. The quantitative estimate of drug-likeness (QED) is 0.196. The Hall–Kier alpha value is -4.26. The summed E-state index contributed by atoms with van der Waals surface area (Å²) in [6, 6.07) is 15.3. The summed E-state index contributed by atoms with van der Waals surface area (Å²) >= 11 is 7.96. The number of thiophene rings is 1. The number of morpholine rings is 1. The molecule has 15 heteroatoms. The Kier molecular flexibility index (Phi) is 11.1. The molecule has 2 saturated heterocycles. The SMILES string of the molecule is O=C(O[C@H]1CN[C@H](C#Cc2cc3ncnc(Nc4ccc(CS(=O)(=O)c5ccccc5)c(Cl)c4)c3s2)C1)N1CCOCC1.O=CO. The number of hydrogen-bond acceptors (Lipinski definition) is 11. The van der Waals surface area contributed by atoms with E-state index >= 15 is 0 Å². The lowest BCUT2D eigenvalue weighted by atomic mass is 10.2. The zero-order valence-electron chi connectivity index (χ0n) is 24.4. The van der Waals surface area contributed by atoms with Crippen LogP contribution in [0.5, 0.6) is 0 Å². The van der Waals surface area contributed by atoms with Gasteiger partial charge in [-0.05, 0) is 35.9 Å². The molecule has 0 spiro atoms. The van der Waals surface area contributed by atoms with E-state index in [1.807, 2.05) is 6.07 Å². The fourth-order valence-corrected chi connectivity index (χ4v) is 7.47. The van der Waals surface area contributed by atoms with Crippen molar-refractivity contribution in [3.8, 4) is 11.8 Å². The van der Waals surface area contributed by atoms with Gasteiger partial charge in [0.25, 0.3) is 6.47 Å². The predicted octanol–water partition coefficient (Wildman–Crippen LogP) is 4.31. The summed E-state index contributed by atoms with van der Waals surface area (Å²) in [7, 11) is -3.53. The minimum Gasteiger partial charge on any atom is -0.483 e. The first-order chi connectivity index (χ1) is 22.3. The van der Waals surface area contributed by atoms with Gasteiger partial charge in [-0.1, -0.05) is 47.7 Å². The van der Waals surface area contributed by atoms with Crippen molar-refractivity contribution in [1.29, 1.82) is 0 Å². The molecular formula is C31H30ClN5O7S2. The van der Waals surface area contributed by atoms with Crippen LogP contribution in [-0.4, -0.2) is 86.0 Å². The van der Waals surface area contributed by atoms with Gasteiger partial charge in [-0.15, -0.1) is 11.3 Å². The molecule has 0 radical (unpaired) electrons. The number of amides is 1. The monoisotopic (exact) mass is 683 g/mol. The van der Waals surface area contributed by atoms with E-state index in [0.717, 1.165) is 15.1 Å². The molecular weight excluding hydrogens is 654 g/mol. The van der Waals surface area contributed by atoms with Crippen LogP contribution in [-0.2, 0) is 29.9 Å². The van der Waals surface area contributed by atoms with E-state index in [1.165, 1.54) is 17.7 Å². The molecule has 1 amide bonds. The van der Waals surface area contributed by atoms with Crippen molar-refractivity contribution in [1.82, 2.24) is 20.2 Å². The highest BCUT2D eigenvalue weighted by Gasteiger charge is 2.28. The molecule has 2 aliphatic rings. The molecule has 2 fully saturated rings. The van der Waals surface area contributed by atoms with Crippen molar-refractivity contribution in [3.63, 3.8) is 0 Å². The zero-order chi connectivity index (χ0) is 32.5. The third kappa shape index (κ3) is 8.51. The lowest BCUT2D eigenvalue weighted by Gasteiger charge is -2.27. The second kappa shape index (κ2) is 15.4. The number of sulfone groups is 1. The van der Waals surface area contributed by atoms with E-state index in [-0.39, 0.29) is 35.4 Å². The Morgan fingerprint density at radius 3 is 2.70 bits per heavy atom. The normalized spacial score (nSPS) is 17.7. The summed E-state index contributed by atoms with van der Waals surface area (Å²) in [6.07, 6.45) is 1.56. The van der Waals surface area contributed by atoms with Gasteiger partial charge in [-0.2, -0.15) is 0 Å². The van der Waals surface area contributed by atoms with Gasteiger partial charge in [-0.3, -0.25) is 10.1 Å². The molecule has 2 aromatic carbocycles. The number of carbonyl (C=O) groups is 2. The highest BCUT2D eigenvalue weighted by atomic mass is 35.5. The maximum Gasteiger partial charge on any atom is 0.410 e. The van der Waals surface area contributed by atoms with Gasteiger partial charge in [0.2, 0.25) is 0 Å². The van der Waals surface area contributed by atoms with Crippen LogP contribution in [0.25, 0.3) is 10.2 Å². The number of hydrogen-bond donors (Lipinski definition) is 3. The first kappa shape index (κ1) is 33.1. The molecule has 4 heterocycles. The topological polar surface area (TPSA) is 160 Å². The van der Waals surface area contributed by atoms with Crippen molar-refractivity contribution in [2.45, 2.75) is 29.2 Å². The van der Waals surface area contributed by atoms with Crippen LogP contribution in [0.15, 0.2) is 65.8 Å². The van der Waals surface area contributed by atoms with Gasteiger partial charge in [-0.25, -0.2) is 23.2 Å². The number of anilines is 2. The minimum atomic E-state index is -3.53. The number of aromatic nitrogens is 2. The van der Waals surface area contributed by atoms with Crippen LogP contribution in [0.4, 0.5) is 16.3 Å². The lowest BCUT2D eigenvalue weighted by molar-refractivity contribution is -0.122. The molecule has 2 aromatic heterocycles. The largest absolute Gasteiger partial charge is 0.483 e. The van der Waals surface area contributed by atoms with Crippen molar-refractivity contribution in [2.24, 2.45) is 0 Å². The molecule has 2 atom stereocenters. The van der Waals surface area contributed by atoms with Crippen LogP contribution >= 0.6 is 22.9 Å². The van der Waals surface area contributed by atoms with Gasteiger partial charge in [0.15, 0.2) is 15.7 Å². The number of benzene rings is 2. The van der Waals surface area contributed by atoms with Crippen molar-refractivity contribution in [2.75, 3.05) is 38.2 Å². The Bertz CT molecular complexity index is 1860. The van der Waals surface area contributed by atoms with Gasteiger partial charge in [0, 0.05) is 36.8 Å². The van der Waals surface area contributed by atoms with Crippen LogP contribution in [0.1, 0.15) is 16.9 Å². The molecule has 240 valence electrons. The van der Waals surface area contributed by atoms with Crippen molar-refractivity contribution >= 4 is 67.1 Å². The van der Waals surface area contributed by atoms with E-state index in [1.54, 1.807) is 53.4 Å². The molecule has 12 nitrogen and oxygen atoms in total. The Balaban J connectivity index is 0.00000134. The lowest BCUT2D eigenvalue weighted by Crippen LogP contribution is -2.42. The highest BCUT2D eigenvalue weighted by Crippen LogP contribution is 2.32. The van der Waals surface area contributed by atoms with Crippen molar-refractivity contribution in [3.05, 3.63) is 76.4 Å². The van der Waals surface area contributed by atoms with E-state index in [4.69, 9.17) is 31.0 Å². The maximum atomic E-state index is 12.8. The zero-order valence-corrected chi connectivity index (χ0v) is 26.8. The number of carbonyl (C=O) groups excluding carboxylic acids is 1. The highest BCUT2D eigenvalue weighted by molar-refractivity contribution is 7.90. The molecule has 0 saturated carbocycles. The fraction of sp³-hybridized carbons (Fsp3) is 0.290. The molecule has 46 heavy (non-hydrogen) atoms. The Morgan fingerprint density at radius 2 is 1.96 bits per heavy atom. The number of halogens is 1. The van der Waals surface area contributed by atoms with Crippen LogP contribution < -0.4 is 10.6 Å². The maximum absolute atomic E-state index is 12.8. The van der Waals surface area contributed by atoms with Gasteiger partial charge in [0.05, 0.1) is 45.0 Å². The van der Waals surface area contributed by atoms with E-state index in [9.17, 15) is 13.2 Å². The Morgan fingerprint density at radius 1 is 1.20 bits per heavy atom. The molecule has 6 rings (SSSR count). The summed E-state index contributed by atoms with van der Waals surface area (Å²) in [6.45, 7) is 2.46. The van der Waals surface area contributed by atoms with Crippen LogP contribution in [0, 0.1) is 11.8 Å². The van der Waals surface area contributed by atoms with Gasteiger partial charge < -0.3 is 24.8 Å². The average Bonchev–Trinajstić information content (AvgIpc) is 3.69. The second-order valence-electron chi connectivity index (χ2n) is 10.2. The summed E-state index contributed by atoms with van der Waals surface area (Å²) in [5.41, 5.74) is 1.93. The summed E-state index contributed by atoms with van der Waals surface area (Å²) in [5, 5.41) is 13.8. The third-order valence-electron chi connectivity index (χ3n) is 7.07. The number of fused-ring (bicyclic) bond motifs is 1. The van der Waals surface area contributed by atoms with Crippen molar-refractivity contribution < 1.29 is 32.6 Å². The smallest absolute Gasteiger partial charge is 0.410 e. The molecule has 4 aromatic rings. The van der Waals surface area contributed by atoms with E-state index in [0.29, 0.717) is 61.4 Å². The fourth-order valence-electron chi connectivity index (χ4n) is 4.82. The molecule has 0 unspecified atom stereocenters. The van der Waals surface area contributed by atoms with E-state index < -0.39 is 9.84 Å². The Labute approximate surface area is 274 Å². The number of nitrogens with one attached hydrogen (secondary N) is 2. The first-order valence-corrected chi connectivity index (χ1v) is 17.0. The summed E-state index contributed by atoms with van der Waals surface area (Å²) in [5.74, 6) is 6.86. The first-order valence-electron chi connectivity index (χ1n) is 14.2. The average molecular weight is 684 g/mol. The predicted molar refractivity (Wildman–Crippen MR) is 174 cm³/mol. The number of ether oxygens (including phenoxy) is 2. The molecule has 0 aliphatic carbocycles. The van der Waals surface area contributed by atoms with Crippen LogP contribution in [0.3, 0.4) is 0 Å². The molecule has 0 bridgehead atoms. The number of nitrogens with zero attached hydrogens (tertiary/aromatic N) is 3. The third-order valence-corrected chi connectivity index (χ3v) is 10.2. The minimum absolute atomic E-state index is 0.0947. The molecule has 3 N–H and O–H groups in total. The second-order valence-corrected chi connectivity index (χ2v) is 13.7. The van der Waals surface area contributed by atoms with Crippen LogP contribution in [0.2, 0.25) is 5.02 Å². The number of carboxylic acid groups (broad SMARTS) is 1.